The quantitative estimate of drug-likeness (QED) is 0.646. The van der Waals surface area contributed by atoms with E-state index < -0.39 is 11.9 Å². The van der Waals surface area contributed by atoms with E-state index in [4.69, 9.17) is 10.8 Å². The van der Waals surface area contributed by atoms with E-state index in [0.717, 1.165) is 22.6 Å². The number of hydrogen-bond donors (Lipinski definition) is 2. The molecule has 2 aromatic rings. The van der Waals surface area contributed by atoms with Crippen LogP contribution in [0.15, 0.2) is 47.4 Å². The molecule has 0 radical (unpaired) electrons. The second-order valence-electron chi connectivity index (χ2n) is 5.11. The molecule has 0 heterocycles. The number of aliphatic carboxylic acids is 1. The van der Waals surface area contributed by atoms with Crippen LogP contribution < -0.4 is 5.73 Å². The molecule has 1 unspecified atom stereocenters. The number of anilines is 1. The fraction of sp³-hybridized carbons (Fsp3) is 0.235. The summed E-state index contributed by atoms with van der Waals surface area (Å²) in [5.41, 5.74) is 9.72. The van der Waals surface area contributed by atoms with Gasteiger partial charge < -0.3 is 10.8 Å². The molecule has 1 atom stereocenters. The van der Waals surface area contributed by atoms with Crippen LogP contribution in [0.1, 0.15) is 29.5 Å². The number of thioether (sulfide) groups is 1. The maximum absolute atomic E-state index is 10.9. The van der Waals surface area contributed by atoms with E-state index in [2.05, 4.69) is 6.07 Å². The van der Waals surface area contributed by atoms with E-state index in [1.54, 1.807) is 18.7 Å². The molecular weight excluding hydrogens is 282 g/mol. The van der Waals surface area contributed by atoms with Crippen LogP contribution in [0.4, 0.5) is 5.69 Å². The van der Waals surface area contributed by atoms with E-state index in [1.165, 1.54) is 10.5 Å². The highest BCUT2D eigenvalue weighted by Crippen LogP contribution is 2.26. The Kier molecular flexibility index (Phi) is 4.91. The molecule has 0 aliphatic heterocycles. The Morgan fingerprint density at radius 3 is 2.48 bits per heavy atom. The molecule has 0 saturated carbocycles. The summed E-state index contributed by atoms with van der Waals surface area (Å²) in [7, 11) is 0. The molecule has 2 aromatic carbocycles. The number of aryl methyl sites for hydroxylation is 1. The molecule has 0 aliphatic carbocycles. The van der Waals surface area contributed by atoms with Crippen LogP contribution in [0.5, 0.6) is 0 Å². The molecule has 3 nitrogen and oxygen atoms in total. The first kappa shape index (κ1) is 15.4. The highest BCUT2D eigenvalue weighted by Gasteiger charge is 2.12. The lowest BCUT2D eigenvalue weighted by atomic mass is 10.0. The van der Waals surface area contributed by atoms with Crippen LogP contribution in [-0.2, 0) is 10.5 Å². The third-order valence-corrected chi connectivity index (χ3v) is 4.56. The van der Waals surface area contributed by atoms with Gasteiger partial charge in [-0.05, 0) is 48.7 Å². The molecule has 0 aromatic heterocycles. The van der Waals surface area contributed by atoms with Gasteiger partial charge in [-0.15, -0.1) is 11.8 Å². The summed E-state index contributed by atoms with van der Waals surface area (Å²) >= 11 is 1.75. The van der Waals surface area contributed by atoms with Gasteiger partial charge in [-0.2, -0.15) is 0 Å². The number of carbonyl (C=O) groups is 1. The van der Waals surface area contributed by atoms with Gasteiger partial charge in [0.25, 0.3) is 0 Å². The molecular formula is C17H19NO2S. The van der Waals surface area contributed by atoms with Crippen molar-refractivity contribution < 1.29 is 9.90 Å². The van der Waals surface area contributed by atoms with Crippen LogP contribution in [-0.4, -0.2) is 11.1 Å². The average Bonchev–Trinajstić information content (AvgIpc) is 2.48. The number of carboxylic acids is 1. The smallest absolute Gasteiger partial charge is 0.310 e. The van der Waals surface area contributed by atoms with Crippen LogP contribution >= 0.6 is 11.8 Å². The summed E-state index contributed by atoms with van der Waals surface area (Å²) < 4.78 is 0. The van der Waals surface area contributed by atoms with Crippen molar-refractivity contribution in [1.82, 2.24) is 0 Å². The van der Waals surface area contributed by atoms with Gasteiger partial charge in [0.2, 0.25) is 0 Å². The molecule has 0 spiro atoms. The van der Waals surface area contributed by atoms with Crippen molar-refractivity contribution in [3.8, 4) is 0 Å². The predicted molar refractivity (Wildman–Crippen MR) is 87.6 cm³/mol. The zero-order valence-electron chi connectivity index (χ0n) is 12.2. The van der Waals surface area contributed by atoms with Gasteiger partial charge in [0.15, 0.2) is 0 Å². The molecule has 21 heavy (non-hydrogen) atoms. The van der Waals surface area contributed by atoms with Gasteiger partial charge in [-0.1, -0.05) is 24.3 Å². The van der Waals surface area contributed by atoms with E-state index >= 15 is 0 Å². The lowest BCUT2D eigenvalue weighted by molar-refractivity contribution is -0.138. The van der Waals surface area contributed by atoms with Crippen molar-refractivity contribution in [3.05, 3.63) is 59.2 Å². The Hall–Kier alpha value is -1.94. The lowest BCUT2D eigenvalue weighted by Gasteiger charge is -2.08. The van der Waals surface area contributed by atoms with Crippen LogP contribution in [0.2, 0.25) is 0 Å². The Morgan fingerprint density at radius 1 is 1.24 bits per heavy atom. The molecule has 4 heteroatoms. The monoisotopic (exact) mass is 301 g/mol. The summed E-state index contributed by atoms with van der Waals surface area (Å²) in [4.78, 5) is 12.1. The first-order valence-electron chi connectivity index (χ1n) is 6.78. The minimum absolute atomic E-state index is 0.466. The van der Waals surface area contributed by atoms with Crippen LogP contribution in [0.25, 0.3) is 0 Å². The van der Waals surface area contributed by atoms with E-state index in [1.807, 2.05) is 43.3 Å². The van der Waals surface area contributed by atoms with Crippen LogP contribution in [0.3, 0.4) is 0 Å². The Bertz CT molecular complexity index is 638. The second kappa shape index (κ2) is 6.68. The largest absolute Gasteiger partial charge is 0.481 e. The van der Waals surface area contributed by atoms with Crippen molar-refractivity contribution in [2.45, 2.75) is 30.4 Å². The van der Waals surface area contributed by atoms with Gasteiger partial charge in [-0.3, -0.25) is 4.79 Å². The van der Waals surface area contributed by atoms with Gasteiger partial charge in [0, 0.05) is 16.3 Å². The minimum Gasteiger partial charge on any atom is -0.481 e. The summed E-state index contributed by atoms with van der Waals surface area (Å²) in [6, 6.07) is 13.8. The zero-order chi connectivity index (χ0) is 15.4. The van der Waals surface area contributed by atoms with Gasteiger partial charge in [0.05, 0.1) is 5.92 Å². The second-order valence-corrected chi connectivity index (χ2v) is 6.16. The minimum atomic E-state index is -0.797. The van der Waals surface area contributed by atoms with E-state index in [0.29, 0.717) is 0 Å². The van der Waals surface area contributed by atoms with Gasteiger partial charge in [-0.25, -0.2) is 0 Å². The fourth-order valence-corrected chi connectivity index (χ4v) is 2.90. The summed E-state index contributed by atoms with van der Waals surface area (Å²) in [5.74, 6) is -0.411. The third-order valence-electron chi connectivity index (χ3n) is 3.50. The van der Waals surface area contributed by atoms with Crippen molar-refractivity contribution in [2.75, 3.05) is 5.73 Å². The molecule has 0 bridgehead atoms. The predicted octanol–water partition coefficient (Wildman–Crippen LogP) is 4.06. The Balaban J connectivity index is 2.00. The normalized spacial score (nSPS) is 12.1. The molecule has 110 valence electrons. The SMILES string of the molecule is Cc1cc(SCc2ccc(C(C)C(=O)O)cc2)ccc1N. The summed E-state index contributed by atoms with van der Waals surface area (Å²) in [6.07, 6.45) is 0. The first-order chi connectivity index (χ1) is 9.97. The average molecular weight is 301 g/mol. The number of nitrogens with two attached hydrogens (primary N) is 1. The molecule has 2 rings (SSSR count). The third kappa shape index (κ3) is 4.02. The van der Waals surface area contributed by atoms with Crippen LogP contribution in [0, 0.1) is 6.92 Å². The summed E-state index contributed by atoms with van der Waals surface area (Å²) in [6.45, 7) is 3.70. The standard InChI is InChI=1S/C17H19NO2S/c1-11-9-15(7-8-16(11)18)21-10-13-3-5-14(6-4-13)12(2)17(19)20/h3-9,12H,10,18H2,1-2H3,(H,19,20). The van der Waals surface area contributed by atoms with Crippen molar-refractivity contribution in [2.24, 2.45) is 0 Å². The maximum Gasteiger partial charge on any atom is 0.310 e. The number of hydrogen-bond acceptors (Lipinski definition) is 3. The fourth-order valence-electron chi connectivity index (χ4n) is 1.95. The van der Waals surface area contributed by atoms with E-state index in [-0.39, 0.29) is 0 Å². The van der Waals surface area contributed by atoms with E-state index in [9.17, 15) is 4.79 Å². The molecule has 0 amide bonds. The van der Waals surface area contributed by atoms with Gasteiger partial charge >= 0.3 is 5.97 Å². The number of nitrogen functional groups attached to an aromatic ring is 1. The highest BCUT2D eigenvalue weighted by molar-refractivity contribution is 7.98. The highest BCUT2D eigenvalue weighted by atomic mass is 32.2. The Labute approximate surface area is 129 Å². The van der Waals surface area contributed by atoms with Crippen molar-refractivity contribution in [1.29, 1.82) is 0 Å². The van der Waals surface area contributed by atoms with Crippen molar-refractivity contribution in [3.63, 3.8) is 0 Å². The molecule has 0 aliphatic rings. The number of rotatable bonds is 5. The summed E-state index contributed by atoms with van der Waals surface area (Å²) in [5, 5.41) is 8.99. The number of benzene rings is 2. The first-order valence-corrected chi connectivity index (χ1v) is 7.76. The van der Waals surface area contributed by atoms with Gasteiger partial charge in [0.1, 0.15) is 0 Å². The topological polar surface area (TPSA) is 63.3 Å². The molecule has 0 fully saturated rings. The molecule has 0 saturated heterocycles. The molecule has 3 N–H and O–H groups in total. The number of carboxylic acid groups (broad SMARTS) is 1. The Morgan fingerprint density at radius 2 is 1.90 bits per heavy atom. The zero-order valence-corrected chi connectivity index (χ0v) is 13.0. The maximum atomic E-state index is 10.9. The van der Waals surface area contributed by atoms with Crippen molar-refractivity contribution >= 4 is 23.4 Å². The lowest BCUT2D eigenvalue weighted by Crippen LogP contribution is -2.07.